The SMILES string of the molecule is COCC1CCN(C(=O)/C=C/C(C)=C/C=C/C(C)=C/C=C/C=C(C)/C=C/C=C(C)\C=C\C(=O)O)CC1. The number of rotatable bonds is 12. The number of carboxylic acids is 1. The number of hydrogen-bond donors (Lipinski definition) is 1. The number of methoxy groups -OCH3 is 1. The van der Waals surface area contributed by atoms with Crippen molar-refractivity contribution < 1.29 is 19.4 Å². The maximum Gasteiger partial charge on any atom is 0.328 e. The first-order valence-corrected chi connectivity index (χ1v) is 12.3. The van der Waals surface area contributed by atoms with E-state index in [4.69, 9.17) is 9.84 Å². The smallest absolute Gasteiger partial charge is 0.328 e. The summed E-state index contributed by atoms with van der Waals surface area (Å²) in [6.45, 7) is 10.2. The van der Waals surface area contributed by atoms with E-state index in [0.717, 1.165) is 60.9 Å². The average molecular weight is 492 g/mol. The zero-order chi connectivity index (χ0) is 26.8. The first-order chi connectivity index (χ1) is 17.2. The molecule has 1 aliphatic rings. The minimum atomic E-state index is -0.953. The average Bonchev–Trinajstić information content (AvgIpc) is 2.84. The van der Waals surface area contributed by atoms with Gasteiger partial charge in [0.2, 0.25) is 5.91 Å². The third-order valence-electron chi connectivity index (χ3n) is 5.57. The second-order valence-corrected chi connectivity index (χ2v) is 8.97. The Balaban J connectivity index is 2.50. The summed E-state index contributed by atoms with van der Waals surface area (Å²) < 4.78 is 5.22. The molecule has 1 amide bonds. The number of ether oxygens (including phenoxy) is 1. The number of carbonyl (C=O) groups is 2. The molecule has 0 aromatic rings. The molecule has 0 aliphatic carbocycles. The zero-order valence-electron chi connectivity index (χ0n) is 22.3. The standard InChI is InChI=1S/C31H41NO4/c1-25(10-6-7-11-26(2)13-9-15-28(4)17-19-31(34)35)12-8-14-27(3)16-18-30(33)32-22-20-29(21-23-32)24-36-5/h6-19,29H,20-24H2,1-5H3,(H,34,35)/b7-6+,12-8+,13-9+,18-16+,19-17+,25-10+,26-11+,27-14+,28-15-. The van der Waals surface area contributed by atoms with Crippen molar-refractivity contribution in [3.8, 4) is 0 Å². The maximum absolute atomic E-state index is 12.4. The molecule has 0 spiro atoms. The molecule has 36 heavy (non-hydrogen) atoms. The van der Waals surface area contributed by atoms with Crippen LogP contribution in [0.1, 0.15) is 40.5 Å². The number of amides is 1. The topological polar surface area (TPSA) is 66.8 Å². The second-order valence-electron chi connectivity index (χ2n) is 8.97. The van der Waals surface area contributed by atoms with Crippen molar-refractivity contribution in [2.75, 3.05) is 26.8 Å². The molecule has 1 N–H and O–H groups in total. The number of carboxylic acid groups (broad SMARTS) is 1. The lowest BCUT2D eigenvalue weighted by Crippen LogP contribution is -2.38. The fourth-order valence-electron chi connectivity index (χ4n) is 3.41. The zero-order valence-corrected chi connectivity index (χ0v) is 22.3. The van der Waals surface area contributed by atoms with Crippen LogP contribution in [-0.2, 0) is 14.3 Å². The van der Waals surface area contributed by atoms with Crippen LogP contribution in [0.4, 0.5) is 0 Å². The Bertz CT molecular complexity index is 992. The van der Waals surface area contributed by atoms with E-state index in [-0.39, 0.29) is 5.91 Å². The third kappa shape index (κ3) is 14.7. The lowest BCUT2D eigenvalue weighted by Gasteiger charge is -2.30. The molecule has 0 radical (unpaired) electrons. The van der Waals surface area contributed by atoms with Gasteiger partial charge in [-0.05, 0) is 46.5 Å². The third-order valence-corrected chi connectivity index (χ3v) is 5.57. The molecule has 194 valence electrons. The van der Waals surface area contributed by atoms with Gasteiger partial charge in [-0.1, -0.05) is 95.2 Å². The molecule has 1 aliphatic heterocycles. The molecule has 0 saturated carbocycles. The van der Waals surface area contributed by atoms with Gasteiger partial charge in [-0.3, -0.25) is 4.79 Å². The number of nitrogens with zero attached hydrogens (tertiary/aromatic N) is 1. The lowest BCUT2D eigenvalue weighted by molar-refractivity contribution is -0.131. The van der Waals surface area contributed by atoms with Gasteiger partial charge in [-0.15, -0.1) is 0 Å². The van der Waals surface area contributed by atoms with Gasteiger partial charge in [0.05, 0.1) is 0 Å². The molecule has 1 rings (SSSR count). The van der Waals surface area contributed by atoms with Crippen molar-refractivity contribution in [3.63, 3.8) is 0 Å². The van der Waals surface area contributed by atoms with E-state index in [2.05, 4.69) is 0 Å². The van der Waals surface area contributed by atoms with Crippen LogP contribution < -0.4 is 0 Å². The number of piperidine rings is 1. The van der Waals surface area contributed by atoms with E-state index in [1.54, 1.807) is 19.3 Å². The number of likely N-dealkylation sites (tertiary alicyclic amines) is 1. The van der Waals surface area contributed by atoms with E-state index < -0.39 is 5.97 Å². The monoisotopic (exact) mass is 491 g/mol. The van der Waals surface area contributed by atoms with E-state index in [9.17, 15) is 9.59 Å². The quantitative estimate of drug-likeness (QED) is 0.249. The van der Waals surface area contributed by atoms with Crippen LogP contribution in [-0.4, -0.2) is 48.7 Å². The maximum atomic E-state index is 12.4. The van der Waals surface area contributed by atoms with Crippen molar-refractivity contribution in [2.45, 2.75) is 40.5 Å². The highest BCUT2D eigenvalue weighted by Crippen LogP contribution is 2.17. The van der Waals surface area contributed by atoms with E-state index in [0.29, 0.717) is 5.92 Å². The van der Waals surface area contributed by atoms with Crippen molar-refractivity contribution in [1.82, 2.24) is 4.90 Å². The predicted molar refractivity (Wildman–Crippen MR) is 150 cm³/mol. The minimum Gasteiger partial charge on any atom is -0.478 e. The molecule has 0 unspecified atom stereocenters. The lowest BCUT2D eigenvalue weighted by atomic mass is 9.98. The molecule has 0 atom stereocenters. The summed E-state index contributed by atoms with van der Waals surface area (Å²) in [6.07, 6.45) is 27.9. The van der Waals surface area contributed by atoms with Crippen molar-refractivity contribution >= 4 is 11.9 Å². The van der Waals surface area contributed by atoms with Gasteiger partial charge in [0.1, 0.15) is 0 Å². The fourth-order valence-corrected chi connectivity index (χ4v) is 3.41. The van der Waals surface area contributed by atoms with Crippen LogP contribution in [0, 0.1) is 5.92 Å². The molecule has 0 bridgehead atoms. The van der Waals surface area contributed by atoms with Gasteiger partial charge in [0.25, 0.3) is 0 Å². The molecular formula is C31H41NO4. The van der Waals surface area contributed by atoms with Gasteiger partial charge in [-0.25, -0.2) is 4.79 Å². The Labute approximate surface area is 216 Å². The summed E-state index contributed by atoms with van der Waals surface area (Å²) in [5.74, 6) is -0.320. The van der Waals surface area contributed by atoms with E-state index in [1.165, 1.54) is 0 Å². The summed E-state index contributed by atoms with van der Waals surface area (Å²) in [6, 6.07) is 0. The van der Waals surface area contributed by atoms with Gasteiger partial charge in [-0.2, -0.15) is 0 Å². The Morgan fingerprint density at radius 2 is 1.17 bits per heavy atom. The molecule has 5 nitrogen and oxygen atoms in total. The Kier molecular flexibility index (Phi) is 15.2. The Morgan fingerprint density at radius 3 is 1.64 bits per heavy atom. The highest BCUT2D eigenvalue weighted by molar-refractivity contribution is 5.88. The van der Waals surface area contributed by atoms with Gasteiger partial charge >= 0.3 is 5.97 Å². The highest BCUT2D eigenvalue weighted by Gasteiger charge is 2.21. The molecule has 0 aromatic heterocycles. The Morgan fingerprint density at radius 1 is 0.722 bits per heavy atom. The van der Waals surface area contributed by atoms with Crippen LogP contribution in [0.15, 0.2) is 107 Å². The van der Waals surface area contributed by atoms with E-state index >= 15 is 0 Å². The first-order valence-electron chi connectivity index (χ1n) is 12.3. The van der Waals surface area contributed by atoms with Gasteiger partial charge in [0, 0.05) is 39.0 Å². The summed E-state index contributed by atoms with van der Waals surface area (Å²) >= 11 is 0. The molecule has 0 aromatic carbocycles. The van der Waals surface area contributed by atoms with Crippen LogP contribution >= 0.6 is 0 Å². The van der Waals surface area contributed by atoms with Crippen molar-refractivity contribution in [2.24, 2.45) is 5.92 Å². The van der Waals surface area contributed by atoms with Crippen LogP contribution in [0.3, 0.4) is 0 Å². The van der Waals surface area contributed by atoms with E-state index in [1.807, 2.05) is 99.4 Å². The first kappa shape index (κ1) is 30.6. The molecule has 1 heterocycles. The van der Waals surface area contributed by atoms with Crippen molar-refractivity contribution in [3.05, 3.63) is 107 Å². The number of hydrogen-bond acceptors (Lipinski definition) is 3. The van der Waals surface area contributed by atoms with Crippen LogP contribution in [0.25, 0.3) is 0 Å². The minimum absolute atomic E-state index is 0.0724. The van der Waals surface area contributed by atoms with Gasteiger partial charge in [0.15, 0.2) is 0 Å². The Hall–Kier alpha value is -3.44. The normalized spacial score (nSPS) is 17.6. The molecule has 1 fully saturated rings. The molecule has 1 saturated heterocycles. The number of carbonyl (C=O) groups excluding carboxylic acids is 1. The summed E-state index contributed by atoms with van der Waals surface area (Å²) in [7, 11) is 1.73. The number of allylic oxidation sites excluding steroid dienone is 16. The van der Waals surface area contributed by atoms with Crippen LogP contribution in [0.5, 0.6) is 0 Å². The summed E-state index contributed by atoms with van der Waals surface area (Å²) in [5, 5.41) is 8.63. The summed E-state index contributed by atoms with van der Waals surface area (Å²) in [4.78, 5) is 24.8. The van der Waals surface area contributed by atoms with Crippen molar-refractivity contribution in [1.29, 1.82) is 0 Å². The number of aliphatic carboxylic acids is 1. The van der Waals surface area contributed by atoms with Crippen LogP contribution in [0.2, 0.25) is 0 Å². The largest absolute Gasteiger partial charge is 0.478 e. The second kappa shape index (κ2) is 17.9. The highest BCUT2D eigenvalue weighted by atomic mass is 16.5. The summed E-state index contributed by atoms with van der Waals surface area (Å²) in [5.41, 5.74) is 4.08. The molecule has 5 heteroatoms. The predicted octanol–water partition coefficient (Wildman–Crippen LogP) is 6.52. The molecular weight excluding hydrogens is 450 g/mol. The fraction of sp³-hybridized carbons (Fsp3) is 0.355. The van der Waals surface area contributed by atoms with Gasteiger partial charge < -0.3 is 14.7 Å².